The summed E-state index contributed by atoms with van der Waals surface area (Å²) in [6, 6.07) is 13.2. The van der Waals surface area contributed by atoms with Gasteiger partial charge in [-0.2, -0.15) is 0 Å². The predicted octanol–water partition coefficient (Wildman–Crippen LogP) is 3.27. The molecule has 2 heteroatoms. The number of aryl methyl sites for hydroxylation is 2. The Morgan fingerprint density at radius 1 is 1.05 bits per heavy atom. The maximum Gasteiger partial charge on any atom is 0.118 e. The first kappa shape index (κ1) is 13.2. The minimum absolute atomic E-state index is 0.388. The summed E-state index contributed by atoms with van der Waals surface area (Å²) in [7, 11) is 0. The van der Waals surface area contributed by atoms with Crippen LogP contribution in [0.2, 0.25) is 0 Å². The van der Waals surface area contributed by atoms with Crippen LogP contribution in [0.1, 0.15) is 27.8 Å². The lowest BCUT2D eigenvalue weighted by Crippen LogP contribution is -2.29. The summed E-state index contributed by atoms with van der Waals surface area (Å²) in [4.78, 5) is 0. The van der Waals surface area contributed by atoms with E-state index in [9.17, 15) is 5.11 Å². The van der Waals surface area contributed by atoms with Gasteiger partial charge in [0.25, 0.3) is 0 Å². The van der Waals surface area contributed by atoms with Crippen LogP contribution in [0.3, 0.4) is 0 Å². The maximum absolute atomic E-state index is 9.70. The monoisotopic (exact) mass is 267 g/mol. The Morgan fingerprint density at radius 3 is 2.35 bits per heavy atom. The molecule has 0 aromatic heterocycles. The number of benzene rings is 2. The molecule has 1 aliphatic carbocycles. The van der Waals surface area contributed by atoms with Crippen LogP contribution >= 0.6 is 0 Å². The first-order valence-electron chi connectivity index (χ1n) is 7.23. The number of fused-ring (bicyclic) bond motifs is 1. The highest BCUT2D eigenvalue weighted by atomic mass is 16.3. The van der Waals surface area contributed by atoms with Gasteiger partial charge in [-0.3, -0.25) is 0 Å². The third kappa shape index (κ3) is 2.56. The first-order chi connectivity index (χ1) is 9.63. The fourth-order valence-electron chi connectivity index (χ4n) is 3.01. The lowest BCUT2D eigenvalue weighted by molar-refractivity contribution is 0.469. The van der Waals surface area contributed by atoms with Gasteiger partial charge >= 0.3 is 0 Å². The molecule has 0 unspecified atom stereocenters. The SMILES string of the molecule is Cc1cc(CNC2Cc3ccccc3C2)c(C)cc1O. The Hall–Kier alpha value is -1.80. The normalized spacial score (nSPS) is 14.5. The van der Waals surface area contributed by atoms with E-state index in [1.807, 2.05) is 13.0 Å². The standard InChI is InChI=1S/C18H21NO/c1-12-8-18(20)13(2)7-16(12)11-19-17-9-14-5-3-4-6-15(14)10-17/h3-8,17,19-20H,9-11H2,1-2H3. The Bertz CT molecular complexity index is 608. The number of hydrogen-bond donors (Lipinski definition) is 2. The molecule has 0 bridgehead atoms. The Kier molecular flexibility index (Phi) is 3.49. The van der Waals surface area contributed by atoms with E-state index in [4.69, 9.17) is 0 Å². The Labute approximate surface area is 120 Å². The highest BCUT2D eigenvalue weighted by molar-refractivity contribution is 5.40. The van der Waals surface area contributed by atoms with Crippen molar-refractivity contribution >= 4 is 0 Å². The van der Waals surface area contributed by atoms with Crippen molar-refractivity contribution in [3.8, 4) is 5.75 Å². The van der Waals surface area contributed by atoms with Crippen LogP contribution in [0.5, 0.6) is 5.75 Å². The van der Waals surface area contributed by atoms with E-state index in [2.05, 4.69) is 42.6 Å². The molecule has 2 aromatic rings. The lowest BCUT2D eigenvalue weighted by Gasteiger charge is -2.14. The van der Waals surface area contributed by atoms with Crippen LogP contribution in [0.25, 0.3) is 0 Å². The predicted molar refractivity (Wildman–Crippen MR) is 82.1 cm³/mol. The number of aromatic hydroxyl groups is 1. The van der Waals surface area contributed by atoms with Crippen LogP contribution in [-0.4, -0.2) is 11.1 Å². The van der Waals surface area contributed by atoms with Crippen molar-refractivity contribution in [2.75, 3.05) is 0 Å². The molecule has 2 N–H and O–H groups in total. The zero-order chi connectivity index (χ0) is 14.1. The van der Waals surface area contributed by atoms with Gasteiger partial charge in [0.05, 0.1) is 0 Å². The van der Waals surface area contributed by atoms with Crippen molar-refractivity contribution in [3.05, 3.63) is 64.2 Å². The van der Waals surface area contributed by atoms with E-state index in [1.54, 1.807) is 0 Å². The highest BCUT2D eigenvalue weighted by Crippen LogP contribution is 2.24. The first-order valence-corrected chi connectivity index (χ1v) is 7.23. The van der Waals surface area contributed by atoms with Crippen LogP contribution < -0.4 is 5.32 Å². The van der Waals surface area contributed by atoms with Crippen LogP contribution in [-0.2, 0) is 19.4 Å². The lowest BCUT2D eigenvalue weighted by atomic mass is 10.0. The van der Waals surface area contributed by atoms with Gasteiger partial charge in [-0.25, -0.2) is 0 Å². The van der Waals surface area contributed by atoms with Gasteiger partial charge in [0.2, 0.25) is 0 Å². The fourth-order valence-corrected chi connectivity index (χ4v) is 3.01. The molecule has 0 saturated carbocycles. The fraction of sp³-hybridized carbons (Fsp3) is 0.333. The minimum Gasteiger partial charge on any atom is -0.508 e. The average Bonchev–Trinajstić information content (AvgIpc) is 2.84. The van der Waals surface area contributed by atoms with E-state index in [0.29, 0.717) is 11.8 Å². The summed E-state index contributed by atoms with van der Waals surface area (Å²) in [5.74, 6) is 0.388. The number of hydrogen-bond acceptors (Lipinski definition) is 2. The number of phenolic OH excluding ortho intramolecular Hbond substituents is 1. The molecule has 2 nitrogen and oxygen atoms in total. The zero-order valence-corrected chi connectivity index (χ0v) is 12.1. The van der Waals surface area contributed by atoms with Crippen LogP contribution in [0.15, 0.2) is 36.4 Å². The molecule has 3 rings (SSSR count). The molecule has 0 atom stereocenters. The third-order valence-corrected chi connectivity index (χ3v) is 4.29. The summed E-state index contributed by atoms with van der Waals surface area (Å²) >= 11 is 0. The summed E-state index contributed by atoms with van der Waals surface area (Å²) in [5.41, 5.74) is 6.32. The maximum atomic E-state index is 9.70. The molecule has 0 radical (unpaired) electrons. The van der Waals surface area contributed by atoms with Gasteiger partial charge in [-0.15, -0.1) is 0 Å². The van der Waals surface area contributed by atoms with Crippen molar-refractivity contribution in [3.63, 3.8) is 0 Å². The molecule has 1 aliphatic rings. The quantitative estimate of drug-likeness (QED) is 0.894. The number of rotatable bonds is 3. The molecule has 0 amide bonds. The van der Waals surface area contributed by atoms with Gasteiger partial charge in [-0.05, 0) is 60.6 Å². The highest BCUT2D eigenvalue weighted by Gasteiger charge is 2.20. The van der Waals surface area contributed by atoms with Gasteiger partial charge in [0.15, 0.2) is 0 Å². The average molecular weight is 267 g/mol. The number of phenols is 1. The van der Waals surface area contributed by atoms with Crippen LogP contribution in [0.4, 0.5) is 0 Å². The van der Waals surface area contributed by atoms with Crippen molar-refractivity contribution in [2.24, 2.45) is 0 Å². The van der Waals surface area contributed by atoms with Crippen molar-refractivity contribution < 1.29 is 5.11 Å². The molecule has 20 heavy (non-hydrogen) atoms. The summed E-state index contributed by atoms with van der Waals surface area (Å²) < 4.78 is 0. The van der Waals surface area contributed by atoms with E-state index < -0.39 is 0 Å². The second-order valence-corrected chi connectivity index (χ2v) is 5.82. The van der Waals surface area contributed by atoms with Gasteiger partial charge in [-0.1, -0.05) is 30.3 Å². The largest absolute Gasteiger partial charge is 0.508 e. The zero-order valence-electron chi connectivity index (χ0n) is 12.1. The molecular formula is C18H21NO. The van der Waals surface area contributed by atoms with E-state index in [1.165, 1.54) is 16.7 Å². The van der Waals surface area contributed by atoms with E-state index in [-0.39, 0.29) is 0 Å². The topological polar surface area (TPSA) is 32.3 Å². The van der Waals surface area contributed by atoms with Crippen LogP contribution in [0, 0.1) is 13.8 Å². The molecule has 2 aromatic carbocycles. The molecule has 0 spiro atoms. The Balaban J connectivity index is 1.66. The Morgan fingerprint density at radius 2 is 1.70 bits per heavy atom. The van der Waals surface area contributed by atoms with Gasteiger partial charge in [0, 0.05) is 12.6 Å². The van der Waals surface area contributed by atoms with Gasteiger partial charge in [0.1, 0.15) is 5.75 Å². The number of nitrogens with one attached hydrogen (secondary N) is 1. The summed E-state index contributed by atoms with van der Waals surface area (Å²) in [6.07, 6.45) is 2.23. The molecule has 0 heterocycles. The summed E-state index contributed by atoms with van der Waals surface area (Å²) in [5, 5.41) is 13.4. The van der Waals surface area contributed by atoms with E-state index in [0.717, 1.165) is 30.5 Å². The van der Waals surface area contributed by atoms with Crippen molar-refractivity contribution in [2.45, 2.75) is 39.3 Å². The molecule has 0 saturated heterocycles. The van der Waals surface area contributed by atoms with Crippen molar-refractivity contribution in [1.29, 1.82) is 0 Å². The molecule has 104 valence electrons. The van der Waals surface area contributed by atoms with E-state index >= 15 is 0 Å². The molecular weight excluding hydrogens is 246 g/mol. The third-order valence-electron chi connectivity index (χ3n) is 4.29. The minimum atomic E-state index is 0.388. The smallest absolute Gasteiger partial charge is 0.118 e. The summed E-state index contributed by atoms with van der Waals surface area (Å²) in [6.45, 7) is 4.87. The van der Waals surface area contributed by atoms with Crippen molar-refractivity contribution in [1.82, 2.24) is 5.32 Å². The second-order valence-electron chi connectivity index (χ2n) is 5.82. The van der Waals surface area contributed by atoms with Gasteiger partial charge < -0.3 is 10.4 Å². The molecule has 0 aliphatic heterocycles. The second kappa shape index (κ2) is 5.29. The molecule has 0 fully saturated rings.